The van der Waals surface area contributed by atoms with Crippen LogP contribution >= 0.6 is 31.9 Å². The van der Waals surface area contributed by atoms with Crippen molar-refractivity contribution in [1.29, 1.82) is 0 Å². The number of hydrogen-bond acceptors (Lipinski definition) is 3. The van der Waals surface area contributed by atoms with Crippen LogP contribution in [0, 0.1) is 0 Å². The van der Waals surface area contributed by atoms with E-state index in [9.17, 15) is 0 Å². The standard InChI is InChI=1S/C14H14Br2N2O/c1-19-14-5-2-9(6-11(14)16)7-12(17)13-4-3-10(15)8-18-13/h2-6,8,12H,7,17H2,1H3. The lowest BCUT2D eigenvalue weighted by molar-refractivity contribution is 0.412. The van der Waals surface area contributed by atoms with E-state index in [1.165, 1.54) is 0 Å². The molecule has 0 radical (unpaired) electrons. The summed E-state index contributed by atoms with van der Waals surface area (Å²) < 4.78 is 7.10. The fourth-order valence-corrected chi connectivity index (χ4v) is 2.62. The van der Waals surface area contributed by atoms with Gasteiger partial charge in [0.1, 0.15) is 5.75 Å². The minimum atomic E-state index is -0.117. The predicted molar refractivity (Wildman–Crippen MR) is 83.3 cm³/mol. The van der Waals surface area contributed by atoms with E-state index < -0.39 is 0 Å². The van der Waals surface area contributed by atoms with Crippen LogP contribution in [0.1, 0.15) is 17.3 Å². The molecule has 2 N–H and O–H groups in total. The van der Waals surface area contributed by atoms with Gasteiger partial charge >= 0.3 is 0 Å². The molecule has 0 aliphatic carbocycles. The fraction of sp³-hybridized carbons (Fsp3) is 0.214. The SMILES string of the molecule is COc1ccc(CC(N)c2ccc(Br)cn2)cc1Br. The van der Waals surface area contributed by atoms with Crippen molar-refractivity contribution in [3.63, 3.8) is 0 Å². The van der Waals surface area contributed by atoms with Gasteiger partial charge in [0.2, 0.25) is 0 Å². The first-order valence-electron chi connectivity index (χ1n) is 5.79. The van der Waals surface area contributed by atoms with E-state index in [4.69, 9.17) is 10.5 Å². The molecule has 0 fully saturated rings. The van der Waals surface area contributed by atoms with Gasteiger partial charge in [0.05, 0.1) is 23.3 Å². The lowest BCUT2D eigenvalue weighted by Crippen LogP contribution is -2.14. The van der Waals surface area contributed by atoms with E-state index in [0.717, 1.165) is 32.4 Å². The fourth-order valence-electron chi connectivity index (χ4n) is 1.80. The predicted octanol–water partition coefficient (Wildman–Crippen LogP) is 3.86. The summed E-state index contributed by atoms with van der Waals surface area (Å²) in [5, 5.41) is 0. The van der Waals surface area contributed by atoms with Crippen LogP contribution in [0.15, 0.2) is 45.5 Å². The number of aromatic nitrogens is 1. The summed E-state index contributed by atoms with van der Waals surface area (Å²) in [6.07, 6.45) is 2.50. The van der Waals surface area contributed by atoms with Crippen molar-refractivity contribution in [2.75, 3.05) is 7.11 Å². The Labute approximate surface area is 129 Å². The maximum atomic E-state index is 6.17. The maximum absolute atomic E-state index is 6.17. The lowest BCUT2D eigenvalue weighted by Gasteiger charge is -2.12. The summed E-state index contributed by atoms with van der Waals surface area (Å²) in [4.78, 5) is 4.32. The third-order valence-corrected chi connectivity index (χ3v) is 3.89. The molecule has 5 heteroatoms. The van der Waals surface area contributed by atoms with Gasteiger partial charge in [-0.05, 0) is 68.1 Å². The van der Waals surface area contributed by atoms with Gasteiger partial charge in [-0.3, -0.25) is 4.98 Å². The highest BCUT2D eigenvalue weighted by Gasteiger charge is 2.10. The number of benzene rings is 1. The molecule has 0 saturated heterocycles. The van der Waals surface area contributed by atoms with Crippen LogP contribution in [-0.2, 0) is 6.42 Å². The third-order valence-electron chi connectivity index (χ3n) is 2.80. The van der Waals surface area contributed by atoms with Crippen molar-refractivity contribution < 1.29 is 4.74 Å². The summed E-state index contributed by atoms with van der Waals surface area (Å²) in [7, 11) is 1.65. The highest BCUT2D eigenvalue weighted by molar-refractivity contribution is 9.10. The van der Waals surface area contributed by atoms with E-state index >= 15 is 0 Å². The van der Waals surface area contributed by atoms with Crippen LogP contribution in [0.3, 0.4) is 0 Å². The molecule has 19 heavy (non-hydrogen) atoms. The number of nitrogens with zero attached hydrogens (tertiary/aromatic N) is 1. The molecule has 0 spiro atoms. The van der Waals surface area contributed by atoms with E-state index in [-0.39, 0.29) is 6.04 Å². The van der Waals surface area contributed by atoms with Crippen LogP contribution < -0.4 is 10.5 Å². The van der Waals surface area contributed by atoms with Gasteiger partial charge in [-0.1, -0.05) is 6.07 Å². The zero-order chi connectivity index (χ0) is 13.8. The average Bonchev–Trinajstić information content (AvgIpc) is 2.39. The van der Waals surface area contributed by atoms with E-state index in [2.05, 4.69) is 36.8 Å². The number of rotatable bonds is 4. The number of halogens is 2. The van der Waals surface area contributed by atoms with Crippen LogP contribution in [0.4, 0.5) is 0 Å². The Balaban J connectivity index is 2.12. The molecule has 1 unspecified atom stereocenters. The molecule has 0 saturated carbocycles. The Hall–Kier alpha value is -0.910. The van der Waals surface area contributed by atoms with Gasteiger partial charge in [-0.15, -0.1) is 0 Å². The molecule has 2 aromatic rings. The largest absolute Gasteiger partial charge is 0.496 e. The van der Waals surface area contributed by atoms with Crippen molar-refractivity contribution in [1.82, 2.24) is 4.98 Å². The topological polar surface area (TPSA) is 48.1 Å². The molecule has 1 heterocycles. The molecule has 100 valence electrons. The lowest BCUT2D eigenvalue weighted by atomic mass is 10.0. The number of pyridine rings is 1. The zero-order valence-electron chi connectivity index (χ0n) is 10.4. The van der Waals surface area contributed by atoms with Gasteiger partial charge in [-0.25, -0.2) is 0 Å². The minimum Gasteiger partial charge on any atom is -0.496 e. The van der Waals surface area contributed by atoms with Crippen molar-refractivity contribution in [3.05, 3.63) is 56.7 Å². The molecule has 0 aliphatic rings. The molecule has 1 aromatic heterocycles. The third kappa shape index (κ3) is 3.78. The summed E-state index contributed by atoms with van der Waals surface area (Å²) in [6.45, 7) is 0. The molecule has 0 aliphatic heterocycles. The maximum Gasteiger partial charge on any atom is 0.133 e. The number of hydrogen-bond donors (Lipinski definition) is 1. The Morgan fingerprint density at radius 3 is 2.63 bits per heavy atom. The molecular weight excluding hydrogens is 372 g/mol. The Morgan fingerprint density at radius 2 is 2.05 bits per heavy atom. The van der Waals surface area contributed by atoms with E-state index in [1.807, 2.05) is 30.3 Å². The number of nitrogens with two attached hydrogens (primary N) is 1. The van der Waals surface area contributed by atoms with Crippen molar-refractivity contribution in [2.45, 2.75) is 12.5 Å². The zero-order valence-corrected chi connectivity index (χ0v) is 13.6. The van der Waals surface area contributed by atoms with E-state index in [1.54, 1.807) is 13.3 Å². The van der Waals surface area contributed by atoms with Gasteiger partial charge in [0.25, 0.3) is 0 Å². The molecule has 0 bridgehead atoms. The normalized spacial score (nSPS) is 12.2. The molecule has 0 amide bonds. The highest BCUT2D eigenvalue weighted by Crippen LogP contribution is 2.27. The van der Waals surface area contributed by atoms with Gasteiger partial charge in [0, 0.05) is 10.7 Å². The second-order valence-corrected chi connectivity index (χ2v) is 5.95. The Morgan fingerprint density at radius 1 is 1.26 bits per heavy atom. The molecule has 1 atom stereocenters. The Kier molecular flexibility index (Phi) is 4.96. The smallest absolute Gasteiger partial charge is 0.133 e. The molecule has 1 aromatic carbocycles. The average molecular weight is 386 g/mol. The first kappa shape index (κ1) is 14.5. The summed E-state index contributed by atoms with van der Waals surface area (Å²) >= 11 is 6.84. The van der Waals surface area contributed by atoms with Crippen molar-refractivity contribution in [3.8, 4) is 5.75 Å². The highest BCUT2D eigenvalue weighted by atomic mass is 79.9. The monoisotopic (exact) mass is 384 g/mol. The number of methoxy groups -OCH3 is 1. The summed E-state index contributed by atoms with van der Waals surface area (Å²) in [5.74, 6) is 0.819. The van der Waals surface area contributed by atoms with Gasteiger partial charge in [-0.2, -0.15) is 0 Å². The van der Waals surface area contributed by atoms with Crippen LogP contribution in [0.5, 0.6) is 5.75 Å². The van der Waals surface area contributed by atoms with Crippen LogP contribution in [0.25, 0.3) is 0 Å². The second kappa shape index (κ2) is 6.50. The first-order chi connectivity index (χ1) is 9.10. The number of ether oxygens (including phenoxy) is 1. The first-order valence-corrected chi connectivity index (χ1v) is 7.38. The van der Waals surface area contributed by atoms with E-state index in [0.29, 0.717) is 0 Å². The van der Waals surface area contributed by atoms with Gasteiger partial charge < -0.3 is 10.5 Å². The van der Waals surface area contributed by atoms with Crippen molar-refractivity contribution in [2.24, 2.45) is 5.73 Å². The second-order valence-electron chi connectivity index (χ2n) is 4.18. The molecular formula is C14H14Br2N2O. The molecule has 3 nitrogen and oxygen atoms in total. The Bertz CT molecular complexity index is 558. The van der Waals surface area contributed by atoms with Crippen molar-refractivity contribution >= 4 is 31.9 Å². The minimum absolute atomic E-state index is 0.117. The summed E-state index contributed by atoms with van der Waals surface area (Å²) in [5.41, 5.74) is 8.20. The van der Waals surface area contributed by atoms with Gasteiger partial charge in [0.15, 0.2) is 0 Å². The summed E-state index contributed by atoms with van der Waals surface area (Å²) in [6, 6.07) is 9.74. The van der Waals surface area contributed by atoms with Crippen LogP contribution in [0.2, 0.25) is 0 Å². The van der Waals surface area contributed by atoms with Crippen LogP contribution in [-0.4, -0.2) is 12.1 Å². The molecule has 2 rings (SSSR count). The quantitative estimate of drug-likeness (QED) is 0.869.